The van der Waals surface area contributed by atoms with E-state index in [0.29, 0.717) is 24.3 Å². The van der Waals surface area contributed by atoms with Gasteiger partial charge in [0.25, 0.3) is 5.91 Å². The molecule has 5 heteroatoms. The van der Waals surface area contributed by atoms with Crippen molar-refractivity contribution in [1.82, 2.24) is 5.32 Å². The standard InChI is InChI=1S/C14H23N3O2/c1-4-16-14(19)11-5-6-13(12(15)9-11)17(7-8-18)10(2)3/h5-6,9-10,18H,4,7-8,15H2,1-3H3,(H,16,19). The summed E-state index contributed by atoms with van der Waals surface area (Å²) in [6.45, 7) is 7.11. The number of nitrogens with two attached hydrogens (primary N) is 1. The van der Waals surface area contributed by atoms with Crippen LogP contribution >= 0.6 is 0 Å². The fourth-order valence-electron chi connectivity index (χ4n) is 1.98. The van der Waals surface area contributed by atoms with E-state index in [4.69, 9.17) is 10.8 Å². The monoisotopic (exact) mass is 265 g/mol. The van der Waals surface area contributed by atoms with Gasteiger partial charge in [-0.2, -0.15) is 0 Å². The molecule has 0 fully saturated rings. The van der Waals surface area contributed by atoms with Crippen molar-refractivity contribution >= 4 is 17.3 Å². The topological polar surface area (TPSA) is 78.6 Å². The summed E-state index contributed by atoms with van der Waals surface area (Å²) in [6.07, 6.45) is 0. The van der Waals surface area contributed by atoms with E-state index in [1.165, 1.54) is 0 Å². The summed E-state index contributed by atoms with van der Waals surface area (Å²) in [5, 5.41) is 11.8. The molecule has 0 aliphatic heterocycles. The molecule has 1 rings (SSSR count). The molecule has 0 bridgehead atoms. The molecule has 0 spiro atoms. The van der Waals surface area contributed by atoms with Gasteiger partial charge in [0.2, 0.25) is 0 Å². The van der Waals surface area contributed by atoms with Gasteiger partial charge in [0, 0.05) is 24.7 Å². The smallest absolute Gasteiger partial charge is 0.251 e. The van der Waals surface area contributed by atoms with Gasteiger partial charge in [-0.3, -0.25) is 4.79 Å². The molecule has 0 heterocycles. The third-order valence-electron chi connectivity index (χ3n) is 2.90. The van der Waals surface area contributed by atoms with Crippen LogP contribution in [0.1, 0.15) is 31.1 Å². The molecule has 106 valence electrons. The Hall–Kier alpha value is -1.75. The summed E-state index contributed by atoms with van der Waals surface area (Å²) in [5.74, 6) is -0.126. The lowest BCUT2D eigenvalue weighted by Crippen LogP contribution is -2.34. The Morgan fingerprint density at radius 2 is 2.16 bits per heavy atom. The zero-order valence-electron chi connectivity index (χ0n) is 11.8. The number of nitrogens with zero attached hydrogens (tertiary/aromatic N) is 1. The van der Waals surface area contributed by atoms with E-state index in [1.54, 1.807) is 12.1 Å². The molecule has 1 aromatic carbocycles. The largest absolute Gasteiger partial charge is 0.397 e. The average molecular weight is 265 g/mol. The lowest BCUT2D eigenvalue weighted by molar-refractivity contribution is 0.0956. The maximum Gasteiger partial charge on any atom is 0.251 e. The van der Waals surface area contributed by atoms with Crippen molar-refractivity contribution in [1.29, 1.82) is 0 Å². The molecular formula is C14H23N3O2. The Morgan fingerprint density at radius 3 is 2.63 bits per heavy atom. The predicted molar refractivity (Wildman–Crippen MR) is 78.4 cm³/mol. The molecule has 5 nitrogen and oxygen atoms in total. The molecule has 0 atom stereocenters. The number of aliphatic hydroxyl groups is 1. The number of aliphatic hydroxyl groups excluding tert-OH is 1. The van der Waals surface area contributed by atoms with Crippen LogP contribution < -0.4 is 16.0 Å². The first kappa shape index (κ1) is 15.3. The van der Waals surface area contributed by atoms with Crippen LogP contribution in [0.5, 0.6) is 0 Å². The van der Waals surface area contributed by atoms with E-state index < -0.39 is 0 Å². The van der Waals surface area contributed by atoms with Crippen molar-refractivity contribution in [3.8, 4) is 0 Å². The number of rotatable bonds is 6. The second-order valence-corrected chi connectivity index (χ2v) is 4.64. The van der Waals surface area contributed by atoms with Gasteiger partial charge in [0.1, 0.15) is 0 Å². The van der Waals surface area contributed by atoms with Crippen LogP contribution in [0.3, 0.4) is 0 Å². The van der Waals surface area contributed by atoms with Gasteiger partial charge in [-0.1, -0.05) is 0 Å². The fourth-order valence-corrected chi connectivity index (χ4v) is 1.98. The van der Waals surface area contributed by atoms with Gasteiger partial charge in [0.15, 0.2) is 0 Å². The first-order chi connectivity index (χ1) is 9.01. The van der Waals surface area contributed by atoms with Crippen LogP contribution in [0.2, 0.25) is 0 Å². The van der Waals surface area contributed by atoms with Crippen molar-refractivity contribution < 1.29 is 9.90 Å². The van der Waals surface area contributed by atoms with Crippen LogP contribution in [-0.4, -0.2) is 36.8 Å². The highest BCUT2D eigenvalue weighted by Gasteiger charge is 2.14. The lowest BCUT2D eigenvalue weighted by atomic mass is 10.1. The first-order valence-electron chi connectivity index (χ1n) is 6.56. The van der Waals surface area contributed by atoms with Crippen molar-refractivity contribution in [2.75, 3.05) is 30.3 Å². The maximum absolute atomic E-state index is 11.7. The zero-order chi connectivity index (χ0) is 14.4. The van der Waals surface area contributed by atoms with E-state index in [1.807, 2.05) is 31.7 Å². The Balaban J connectivity index is 3.01. The van der Waals surface area contributed by atoms with E-state index in [-0.39, 0.29) is 18.6 Å². The third-order valence-corrected chi connectivity index (χ3v) is 2.90. The first-order valence-corrected chi connectivity index (χ1v) is 6.56. The number of hydrogen-bond donors (Lipinski definition) is 3. The van der Waals surface area contributed by atoms with Crippen LogP contribution in [0.15, 0.2) is 18.2 Å². The van der Waals surface area contributed by atoms with Gasteiger partial charge in [0.05, 0.1) is 18.0 Å². The van der Waals surface area contributed by atoms with Gasteiger partial charge in [-0.15, -0.1) is 0 Å². The highest BCUT2D eigenvalue weighted by atomic mass is 16.3. The highest BCUT2D eigenvalue weighted by Crippen LogP contribution is 2.26. The van der Waals surface area contributed by atoms with Gasteiger partial charge in [-0.05, 0) is 39.0 Å². The maximum atomic E-state index is 11.7. The van der Waals surface area contributed by atoms with Gasteiger partial charge >= 0.3 is 0 Å². The van der Waals surface area contributed by atoms with Crippen molar-refractivity contribution in [3.05, 3.63) is 23.8 Å². The van der Waals surface area contributed by atoms with Gasteiger partial charge in [-0.25, -0.2) is 0 Å². The third kappa shape index (κ3) is 3.86. The van der Waals surface area contributed by atoms with Crippen LogP contribution in [0.4, 0.5) is 11.4 Å². The fraction of sp³-hybridized carbons (Fsp3) is 0.500. The second kappa shape index (κ2) is 6.99. The van der Waals surface area contributed by atoms with E-state index in [9.17, 15) is 4.79 Å². The Bertz CT molecular complexity index is 433. The zero-order valence-corrected chi connectivity index (χ0v) is 11.8. The summed E-state index contributed by atoms with van der Waals surface area (Å²) >= 11 is 0. The molecule has 1 aromatic rings. The summed E-state index contributed by atoms with van der Waals surface area (Å²) in [7, 11) is 0. The number of benzene rings is 1. The lowest BCUT2D eigenvalue weighted by Gasteiger charge is -2.29. The molecule has 0 aliphatic carbocycles. The number of nitrogens with one attached hydrogen (secondary N) is 1. The second-order valence-electron chi connectivity index (χ2n) is 4.64. The molecule has 0 unspecified atom stereocenters. The number of amides is 1. The quantitative estimate of drug-likeness (QED) is 0.676. The number of hydrogen-bond acceptors (Lipinski definition) is 4. The van der Waals surface area contributed by atoms with E-state index >= 15 is 0 Å². The minimum atomic E-state index is -0.126. The molecule has 0 radical (unpaired) electrons. The van der Waals surface area contributed by atoms with Crippen molar-refractivity contribution in [2.24, 2.45) is 0 Å². The number of anilines is 2. The highest BCUT2D eigenvalue weighted by molar-refractivity contribution is 5.96. The summed E-state index contributed by atoms with van der Waals surface area (Å²) in [5.41, 5.74) is 7.96. The molecule has 0 aromatic heterocycles. The summed E-state index contributed by atoms with van der Waals surface area (Å²) in [6, 6.07) is 5.48. The molecule has 0 saturated heterocycles. The van der Waals surface area contributed by atoms with E-state index in [0.717, 1.165) is 5.69 Å². The van der Waals surface area contributed by atoms with Crippen LogP contribution in [0, 0.1) is 0 Å². The minimum Gasteiger partial charge on any atom is -0.397 e. The van der Waals surface area contributed by atoms with Crippen LogP contribution in [-0.2, 0) is 0 Å². The SMILES string of the molecule is CCNC(=O)c1ccc(N(CCO)C(C)C)c(N)c1. The van der Waals surface area contributed by atoms with E-state index in [2.05, 4.69) is 5.32 Å². The molecule has 0 saturated carbocycles. The number of carbonyl (C=O) groups is 1. The molecule has 4 N–H and O–H groups in total. The summed E-state index contributed by atoms with van der Waals surface area (Å²) in [4.78, 5) is 13.7. The molecular weight excluding hydrogens is 242 g/mol. The van der Waals surface area contributed by atoms with Crippen molar-refractivity contribution in [3.63, 3.8) is 0 Å². The Kier molecular flexibility index (Phi) is 5.63. The average Bonchev–Trinajstić information content (AvgIpc) is 2.36. The minimum absolute atomic E-state index is 0.0652. The Labute approximate surface area is 114 Å². The van der Waals surface area contributed by atoms with Crippen molar-refractivity contribution in [2.45, 2.75) is 26.8 Å². The molecule has 0 aliphatic rings. The molecule has 1 amide bonds. The number of nitrogen functional groups attached to an aromatic ring is 1. The summed E-state index contributed by atoms with van der Waals surface area (Å²) < 4.78 is 0. The van der Waals surface area contributed by atoms with Crippen LogP contribution in [0.25, 0.3) is 0 Å². The molecule has 19 heavy (non-hydrogen) atoms. The normalized spacial score (nSPS) is 10.6. The van der Waals surface area contributed by atoms with Gasteiger partial charge < -0.3 is 21.1 Å². The predicted octanol–water partition coefficient (Wildman–Crippen LogP) is 1.23. The Morgan fingerprint density at radius 1 is 1.47 bits per heavy atom. The number of carbonyl (C=O) groups excluding carboxylic acids is 1.